The van der Waals surface area contributed by atoms with Gasteiger partial charge in [-0.2, -0.15) is 0 Å². The van der Waals surface area contributed by atoms with E-state index in [1.54, 1.807) is 6.07 Å². The molecule has 0 aliphatic heterocycles. The maximum absolute atomic E-state index is 10.1. The number of aromatic hydroxyl groups is 1. The van der Waals surface area contributed by atoms with Crippen LogP contribution in [0.4, 0.5) is 0 Å². The third-order valence-corrected chi connectivity index (χ3v) is 4.77. The van der Waals surface area contributed by atoms with Crippen LogP contribution < -0.4 is 0 Å². The first-order valence-corrected chi connectivity index (χ1v) is 7.19. The van der Waals surface area contributed by atoms with Gasteiger partial charge in [-0.15, -0.1) is 0 Å². The zero-order valence-corrected chi connectivity index (χ0v) is 11.4. The minimum atomic E-state index is -0.355. The average molecular weight is 277 g/mol. The molecule has 1 aromatic carbocycles. The van der Waals surface area contributed by atoms with Crippen molar-refractivity contribution in [3.8, 4) is 17.0 Å². The van der Waals surface area contributed by atoms with Crippen LogP contribution in [0.1, 0.15) is 36.3 Å². The third-order valence-electron chi connectivity index (χ3n) is 4.66. The van der Waals surface area contributed by atoms with Gasteiger partial charge in [0.15, 0.2) is 0 Å². The van der Waals surface area contributed by atoms with Crippen molar-refractivity contribution in [2.45, 2.75) is 37.7 Å². The third kappa shape index (κ3) is 2.22. The monoisotopic (exact) mass is 276 g/mol. The maximum atomic E-state index is 10.1. The molecule has 2 N–H and O–H groups in total. The fraction of sp³-hybridized carbons (Fsp3) is 0.500. The molecule has 1 fully saturated rings. The first kappa shape index (κ1) is 12.8. The van der Waals surface area contributed by atoms with Gasteiger partial charge in [-0.3, -0.25) is 0 Å². The van der Waals surface area contributed by atoms with Gasteiger partial charge in [0.25, 0.3) is 0 Å². The minimum absolute atomic E-state index is 0.0156. The Bertz CT molecular complexity index is 543. The number of aryl methyl sites for hydroxylation is 1. The number of halogens is 1. The molecular formula is C16H17ClO2. The Morgan fingerprint density at radius 2 is 2.05 bits per heavy atom. The molecule has 3 heteroatoms. The van der Waals surface area contributed by atoms with E-state index in [0.29, 0.717) is 17.6 Å². The largest absolute Gasteiger partial charge is 0.508 e. The highest BCUT2D eigenvalue weighted by Crippen LogP contribution is 2.48. The Morgan fingerprint density at radius 1 is 1.21 bits per heavy atom. The predicted molar refractivity (Wildman–Crippen MR) is 75.0 cm³/mol. The number of aliphatic hydroxyl groups is 1. The molecular weight excluding hydrogens is 260 g/mol. The lowest BCUT2D eigenvalue weighted by Gasteiger charge is -2.42. The topological polar surface area (TPSA) is 40.5 Å². The lowest BCUT2D eigenvalue weighted by Crippen LogP contribution is -2.38. The van der Waals surface area contributed by atoms with Crippen LogP contribution in [0, 0.1) is 23.1 Å². The summed E-state index contributed by atoms with van der Waals surface area (Å²) in [5, 5.41) is 22.2. The minimum Gasteiger partial charge on any atom is -0.508 e. The van der Waals surface area contributed by atoms with Crippen molar-refractivity contribution in [1.29, 1.82) is 0 Å². The molecule has 19 heavy (non-hydrogen) atoms. The van der Waals surface area contributed by atoms with Crippen molar-refractivity contribution in [2.75, 3.05) is 0 Å². The molecule has 0 radical (unpaired) electrons. The number of benzene rings is 1. The van der Waals surface area contributed by atoms with Gasteiger partial charge in [0.05, 0.1) is 12.0 Å². The van der Waals surface area contributed by atoms with Gasteiger partial charge < -0.3 is 10.2 Å². The summed E-state index contributed by atoms with van der Waals surface area (Å²) in [5.74, 6) is 4.14. The quantitative estimate of drug-likeness (QED) is 0.715. The van der Waals surface area contributed by atoms with E-state index in [4.69, 9.17) is 11.6 Å². The smallest absolute Gasteiger partial charge is 0.115 e. The van der Waals surface area contributed by atoms with Crippen molar-refractivity contribution >= 4 is 11.6 Å². The fourth-order valence-corrected chi connectivity index (χ4v) is 3.93. The zero-order valence-electron chi connectivity index (χ0n) is 10.6. The van der Waals surface area contributed by atoms with Crippen LogP contribution in [0.15, 0.2) is 18.2 Å². The second kappa shape index (κ2) is 5.07. The number of phenols is 1. The number of phenolic OH excluding ortho intramolecular Hbond substituents is 1. The van der Waals surface area contributed by atoms with Gasteiger partial charge in [0.2, 0.25) is 0 Å². The molecule has 1 saturated carbocycles. The van der Waals surface area contributed by atoms with E-state index in [9.17, 15) is 10.2 Å². The molecule has 0 heterocycles. The van der Waals surface area contributed by atoms with E-state index in [-0.39, 0.29) is 12.0 Å². The number of fused-ring (bicyclic) bond motifs is 3. The summed E-state index contributed by atoms with van der Waals surface area (Å²) < 4.78 is 0. The highest BCUT2D eigenvalue weighted by atomic mass is 35.5. The Kier molecular flexibility index (Phi) is 3.43. The molecule has 0 spiro atoms. The lowest BCUT2D eigenvalue weighted by atomic mass is 9.63. The molecule has 2 unspecified atom stereocenters. The fourth-order valence-electron chi connectivity index (χ4n) is 3.81. The van der Waals surface area contributed by atoms with Crippen LogP contribution in [0.2, 0.25) is 0 Å². The van der Waals surface area contributed by atoms with Crippen LogP contribution >= 0.6 is 11.6 Å². The molecule has 0 bridgehead atoms. The van der Waals surface area contributed by atoms with E-state index in [1.807, 2.05) is 12.1 Å². The van der Waals surface area contributed by atoms with Gasteiger partial charge in [-0.05, 0) is 72.4 Å². The molecule has 3 rings (SSSR count). The first-order chi connectivity index (χ1) is 9.20. The molecule has 2 nitrogen and oxygen atoms in total. The maximum Gasteiger partial charge on any atom is 0.115 e. The molecule has 1 aromatic rings. The Balaban J connectivity index is 1.97. The molecule has 0 saturated heterocycles. The SMILES string of the molecule is Oc1ccc2c(c1)CC[C@@H]1C2CCC(O)[C@H]1C#CCl. The summed E-state index contributed by atoms with van der Waals surface area (Å²) in [7, 11) is 0. The molecule has 2 aliphatic rings. The van der Waals surface area contributed by atoms with Crippen LogP contribution in [-0.2, 0) is 6.42 Å². The summed E-state index contributed by atoms with van der Waals surface area (Å²) in [5.41, 5.74) is 2.57. The molecule has 100 valence electrons. The van der Waals surface area contributed by atoms with E-state index in [1.165, 1.54) is 11.1 Å². The van der Waals surface area contributed by atoms with Crippen LogP contribution in [0.5, 0.6) is 5.75 Å². The van der Waals surface area contributed by atoms with Gasteiger partial charge in [0, 0.05) is 5.38 Å². The van der Waals surface area contributed by atoms with Gasteiger partial charge >= 0.3 is 0 Å². The summed E-state index contributed by atoms with van der Waals surface area (Å²) in [4.78, 5) is 0. The lowest BCUT2D eigenvalue weighted by molar-refractivity contribution is 0.0441. The van der Waals surface area contributed by atoms with Crippen molar-refractivity contribution in [3.63, 3.8) is 0 Å². The molecule has 2 aliphatic carbocycles. The number of hydrogen-bond donors (Lipinski definition) is 2. The van der Waals surface area contributed by atoms with Gasteiger partial charge in [-0.25, -0.2) is 0 Å². The van der Waals surface area contributed by atoms with Crippen LogP contribution in [0.25, 0.3) is 0 Å². The second-order valence-corrected chi connectivity index (χ2v) is 5.79. The van der Waals surface area contributed by atoms with Crippen molar-refractivity contribution in [2.24, 2.45) is 11.8 Å². The first-order valence-electron chi connectivity index (χ1n) is 6.81. The van der Waals surface area contributed by atoms with Gasteiger partial charge in [-0.1, -0.05) is 12.0 Å². The molecule has 0 aromatic heterocycles. The summed E-state index contributed by atoms with van der Waals surface area (Å²) in [6, 6.07) is 5.66. The zero-order chi connectivity index (χ0) is 13.4. The second-order valence-electron chi connectivity index (χ2n) is 5.60. The number of rotatable bonds is 0. The highest BCUT2D eigenvalue weighted by Gasteiger charge is 2.41. The molecule has 0 amide bonds. The van der Waals surface area contributed by atoms with Crippen LogP contribution in [-0.4, -0.2) is 16.3 Å². The Labute approximate surface area is 118 Å². The van der Waals surface area contributed by atoms with Gasteiger partial charge in [0.1, 0.15) is 5.75 Å². The highest BCUT2D eigenvalue weighted by molar-refractivity contribution is 6.30. The van der Waals surface area contributed by atoms with Crippen molar-refractivity contribution in [1.82, 2.24) is 0 Å². The summed E-state index contributed by atoms with van der Waals surface area (Å²) in [6.07, 6.45) is 3.36. The van der Waals surface area contributed by atoms with E-state index < -0.39 is 0 Å². The predicted octanol–water partition coefficient (Wildman–Crippen LogP) is 3.01. The standard InChI is InChI=1S/C16H17ClO2/c17-8-7-15-14-3-1-10-9-11(18)2-4-12(10)13(14)5-6-16(15)19/h2,4,9,13-16,18-19H,1,3,5-6H2/t13?,14-,15+,16?/m1/s1. The van der Waals surface area contributed by atoms with Crippen molar-refractivity contribution < 1.29 is 10.2 Å². The van der Waals surface area contributed by atoms with Crippen LogP contribution in [0.3, 0.4) is 0 Å². The van der Waals surface area contributed by atoms with Crippen molar-refractivity contribution in [3.05, 3.63) is 29.3 Å². The average Bonchev–Trinajstić information content (AvgIpc) is 2.41. The number of hydrogen-bond acceptors (Lipinski definition) is 2. The van der Waals surface area contributed by atoms with E-state index in [0.717, 1.165) is 25.7 Å². The van der Waals surface area contributed by atoms with E-state index in [2.05, 4.69) is 11.3 Å². The summed E-state index contributed by atoms with van der Waals surface area (Å²) in [6.45, 7) is 0. The Hall–Kier alpha value is -1.17. The Morgan fingerprint density at radius 3 is 2.84 bits per heavy atom. The molecule has 4 atom stereocenters. The van der Waals surface area contributed by atoms with E-state index >= 15 is 0 Å². The normalized spacial score (nSPS) is 32.7. The number of aliphatic hydroxyl groups excluding tert-OH is 1. The summed E-state index contributed by atoms with van der Waals surface area (Å²) >= 11 is 5.55.